The van der Waals surface area contributed by atoms with Gasteiger partial charge in [-0.2, -0.15) is 0 Å². The number of hydrogen-bond acceptors (Lipinski definition) is 2. The Hall–Kier alpha value is -1.44. The topological polar surface area (TPSA) is 34.1 Å². The summed E-state index contributed by atoms with van der Waals surface area (Å²) < 4.78 is 0. The zero-order valence-corrected chi connectivity index (χ0v) is 10.5. The van der Waals surface area contributed by atoms with Gasteiger partial charge in [0, 0.05) is 17.1 Å². The molecule has 0 spiro atoms. The van der Waals surface area contributed by atoms with Crippen LogP contribution in [-0.4, -0.2) is 11.6 Å². The van der Waals surface area contributed by atoms with Crippen LogP contribution in [0.4, 0.5) is 0 Å². The Labute approximate surface area is 97.7 Å². The number of ketones is 2. The van der Waals surface area contributed by atoms with Crippen molar-refractivity contribution in [2.24, 2.45) is 5.92 Å². The molecular formula is C14H20O2. The molecule has 0 aromatic heterocycles. The fourth-order valence-corrected chi connectivity index (χ4v) is 1.42. The van der Waals surface area contributed by atoms with Crippen LogP contribution >= 0.6 is 0 Å². The van der Waals surface area contributed by atoms with E-state index in [4.69, 9.17) is 0 Å². The Bertz CT molecular complexity index is 346. The van der Waals surface area contributed by atoms with E-state index in [-0.39, 0.29) is 17.5 Å². The van der Waals surface area contributed by atoms with Crippen LogP contribution in [0.15, 0.2) is 36.0 Å². The standard InChI is InChI=1S/C14H20O2/c1-6-9-13(12(8-3)11(5)15)14(16)10(4)7-2/h6,8-10H,1,7H2,2-5H3/b12-8-,13-9+. The predicted molar refractivity (Wildman–Crippen MR) is 67.2 cm³/mol. The third-order valence-electron chi connectivity index (χ3n) is 2.57. The van der Waals surface area contributed by atoms with Crippen molar-refractivity contribution in [2.45, 2.75) is 34.1 Å². The highest BCUT2D eigenvalue weighted by molar-refractivity contribution is 6.12. The Morgan fingerprint density at radius 1 is 1.31 bits per heavy atom. The summed E-state index contributed by atoms with van der Waals surface area (Å²) in [4.78, 5) is 23.5. The fourth-order valence-electron chi connectivity index (χ4n) is 1.42. The van der Waals surface area contributed by atoms with Crippen molar-refractivity contribution < 1.29 is 9.59 Å². The van der Waals surface area contributed by atoms with E-state index in [0.717, 1.165) is 6.42 Å². The maximum atomic E-state index is 12.1. The van der Waals surface area contributed by atoms with Crippen molar-refractivity contribution >= 4 is 11.6 Å². The molecule has 0 aromatic rings. The third kappa shape index (κ3) is 3.61. The van der Waals surface area contributed by atoms with Gasteiger partial charge in [-0.3, -0.25) is 9.59 Å². The third-order valence-corrected chi connectivity index (χ3v) is 2.57. The van der Waals surface area contributed by atoms with Crippen LogP contribution in [0.2, 0.25) is 0 Å². The summed E-state index contributed by atoms with van der Waals surface area (Å²) in [7, 11) is 0. The van der Waals surface area contributed by atoms with E-state index in [2.05, 4.69) is 6.58 Å². The van der Waals surface area contributed by atoms with E-state index in [1.54, 1.807) is 25.2 Å². The molecule has 1 unspecified atom stereocenters. The van der Waals surface area contributed by atoms with Crippen LogP contribution in [-0.2, 0) is 9.59 Å². The molecule has 0 bridgehead atoms. The molecule has 16 heavy (non-hydrogen) atoms. The fraction of sp³-hybridized carbons (Fsp3) is 0.429. The first-order valence-corrected chi connectivity index (χ1v) is 5.54. The summed E-state index contributed by atoms with van der Waals surface area (Å²) in [5.74, 6) is -0.154. The highest BCUT2D eigenvalue weighted by atomic mass is 16.1. The van der Waals surface area contributed by atoms with E-state index in [1.165, 1.54) is 6.92 Å². The SMILES string of the molecule is C=C/C=C(C(=O)C(C)CC)\C(=C/C)C(C)=O. The number of Topliss-reactive ketones (excluding diaryl/α,β-unsaturated/α-hetero) is 2. The molecule has 0 radical (unpaired) electrons. The molecule has 0 saturated carbocycles. The molecule has 0 rings (SSSR count). The van der Waals surface area contributed by atoms with Crippen molar-refractivity contribution in [1.29, 1.82) is 0 Å². The molecule has 0 fully saturated rings. The van der Waals surface area contributed by atoms with Gasteiger partial charge in [0.2, 0.25) is 0 Å². The van der Waals surface area contributed by atoms with Crippen LogP contribution < -0.4 is 0 Å². The van der Waals surface area contributed by atoms with E-state index >= 15 is 0 Å². The Balaban J connectivity index is 5.34. The van der Waals surface area contributed by atoms with Gasteiger partial charge >= 0.3 is 0 Å². The highest BCUT2D eigenvalue weighted by Gasteiger charge is 2.20. The van der Waals surface area contributed by atoms with Crippen molar-refractivity contribution in [3.8, 4) is 0 Å². The van der Waals surface area contributed by atoms with Gasteiger partial charge in [-0.15, -0.1) is 0 Å². The summed E-state index contributed by atoms with van der Waals surface area (Å²) >= 11 is 0. The van der Waals surface area contributed by atoms with Gasteiger partial charge < -0.3 is 0 Å². The first-order valence-electron chi connectivity index (χ1n) is 5.54. The van der Waals surface area contributed by atoms with Gasteiger partial charge in [0.05, 0.1) is 0 Å². The van der Waals surface area contributed by atoms with Gasteiger partial charge in [0.1, 0.15) is 0 Å². The minimum Gasteiger partial charge on any atom is -0.294 e. The summed E-state index contributed by atoms with van der Waals surface area (Å²) in [6.07, 6.45) is 5.60. The molecule has 0 amide bonds. The Morgan fingerprint density at radius 2 is 1.88 bits per heavy atom. The molecule has 0 aliphatic rings. The Kier molecular flexibility index (Phi) is 6.31. The molecule has 0 aliphatic carbocycles. The molecule has 1 atom stereocenters. The highest BCUT2D eigenvalue weighted by Crippen LogP contribution is 2.18. The lowest BCUT2D eigenvalue weighted by Gasteiger charge is -2.12. The number of allylic oxidation sites excluding steroid dienone is 5. The molecular weight excluding hydrogens is 200 g/mol. The number of hydrogen-bond donors (Lipinski definition) is 0. The average Bonchev–Trinajstić information content (AvgIpc) is 2.26. The van der Waals surface area contributed by atoms with Crippen molar-refractivity contribution in [3.05, 3.63) is 36.0 Å². The summed E-state index contributed by atoms with van der Waals surface area (Å²) in [6, 6.07) is 0. The minimum atomic E-state index is -0.0905. The van der Waals surface area contributed by atoms with E-state index in [1.807, 2.05) is 13.8 Å². The predicted octanol–water partition coefficient (Wildman–Crippen LogP) is 3.25. The van der Waals surface area contributed by atoms with Crippen LogP contribution in [0.3, 0.4) is 0 Å². The minimum absolute atomic E-state index is 0.00528. The van der Waals surface area contributed by atoms with Crippen LogP contribution in [0.25, 0.3) is 0 Å². The van der Waals surface area contributed by atoms with Gasteiger partial charge in [0.15, 0.2) is 11.6 Å². The molecule has 2 nitrogen and oxygen atoms in total. The van der Waals surface area contributed by atoms with Crippen molar-refractivity contribution in [2.75, 3.05) is 0 Å². The number of carbonyl (C=O) groups excluding carboxylic acids is 2. The molecule has 88 valence electrons. The van der Waals surface area contributed by atoms with Crippen molar-refractivity contribution in [1.82, 2.24) is 0 Å². The second-order valence-corrected chi connectivity index (χ2v) is 3.75. The van der Waals surface area contributed by atoms with Gasteiger partial charge in [-0.05, 0) is 20.3 Å². The van der Waals surface area contributed by atoms with E-state index < -0.39 is 0 Å². The lowest BCUT2D eigenvalue weighted by Crippen LogP contribution is -2.17. The first kappa shape index (κ1) is 14.6. The lowest BCUT2D eigenvalue weighted by molar-refractivity contribution is -0.120. The lowest BCUT2D eigenvalue weighted by atomic mass is 9.90. The van der Waals surface area contributed by atoms with E-state index in [9.17, 15) is 9.59 Å². The van der Waals surface area contributed by atoms with Crippen LogP contribution in [0.1, 0.15) is 34.1 Å². The maximum absolute atomic E-state index is 12.1. The Morgan fingerprint density at radius 3 is 2.19 bits per heavy atom. The molecule has 0 aliphatic heterocycles. The average molecular weight is 220 g/mol. The number of carbonyl (C=O) groups is 2. The van der Waals surface area contributed by atoms with E-state index in [0.29, 0.717) is 11.1 Å². The van der Waals surface area contributed by atoms with Gasteiger partial charge in [-0.1, -0.05) is 38.7 Å². The van der Waals surface area contributed by atoms with Gasteiger partial charge in [0.25, 0.3) is 0 Å². The maximum Gasteiger partial charge on any atom is 0.166 e. The largest absolute Gasteiger partial charge is 0.294 e. The second-order valence-electron chi connectivity index (χ2n) is 3.75. The first-order chi connectivity index (χ1) is 7.49. The molecule has 0 saturated heterocycles. The smallest absolute Gasteiger partial charge is 0.166 e. The molecule has 0 heterocycles. The monoisotopic (exact) mass is 220 g/mol. The number of rotatable bonds is 6. The van der Waals surface area contributed by atoms with Crippen molar-refractivity contribution in [3.63, 3.8) is 0 Å². The van der Waals surface area contributed by atoms with Crippen LogP contribution in [0.5, 0.6) is 0 Å². The zero-order valence-electron chi connectivity index (χ0n) is 10.5. The molecule has 0 N–H and O–H groups in total. The summed E-state index contributed by atoms with van der Waals surface area (Å²) in [5, 5.41) is 0. The van der Waals surface area contributed by atoms with Gasteiger partial charge in [-0.25, -0.2) is 0 Å². The molecule has 0 aromatic carbocycles. The van der Waals surface area contributed by atoms with Crippen LogP contribution in [0, 0.1) is 5.92 Å². The quantitative estimate of drug-likeness (QED) is 0.508. The zero-order chi connectivity index (χ0) is 12.7. The second kappa shape index (κ2) is 6.94. The normalized spacial score (nSPS) is 14.5. The summed E-state index contributed by atoms with van der Waals surface area (Å²) in [5.41, 5.74) is 0.949. The summed E-state index contributed by atoms with van der Waals surface area (Å²) in [6.45, 7) is 10.6. The molecule has 2 heteroatoms.